The largest absolute Gasteiger partial charge is 0.391 e. The Bertz CT molecular complexity index is 514. The minimum absolute atomic E-state index is 0.0358. The van der Waals surface area contributed by atoms with Crippen molar-refractivity contribution in [3.8, 4) is 0 Å². The standard InChI is InChI=1S/C10H22N2O8S2/c1-7(13)9(21(15,16)17)11-3-5-12(6-4-11)10(8(2)14)22(18,19)20/h7-10,13-14H,3-6H2,1-2H3,(H,15,16,17)(H,18,19,20). The van der Waals surface area contributed by atoms with Crippen molar-refractivity contribution in [3.63, 3.8) is 0 Å². The van der Waals surface area contributed by atoms with Gasteiger partial charge in [-0.3, -0.25) is 18.9 Å². The van der Waals surface area contributed by atoms with Crippen molar-refractivity contribution in [1.82, 2.24) is 9.80 Å². The molecule has 1 aliphatic heterocycles. The third-order valence-electron chi connectivity index (χ3n) is 3.50. The van der Waals surface area contributed by atoms with E-state index in [1.54, 1.807) is 0 Å². The molecule has 1 saturated heterocycles. The van der Waals surface area contributed by atoms with Crippen LogP contribution in [0.5, 0.6) is 0 Å². The monoisotopic (exact) mass is 362 g/mol. The zero-order valence-corrected chi connectivity index (χ0v) is 13.9. The minimum Gasteiger partial charge on any atom is -0.391 e. The lowest BCUT2D eigenvalue weighted by molar-refractivity contribution is 0.0288. The Kier molecular flexibility index (Phi) is 6.31. The maximum atomic E-state index is 11.3. The number of piperazine rings is 1. The smallest absolute Gasteiger partial charge is 0.283 e. The first-order valence-corrected chi connectivity index (χ1v) is 9.63. The SMILES string of the molecule is CC(O)C(N1CCN(C(C(C)O)S(=O)(=O)O)CC1)S(=O)(=O)O. The highest BCUT2D eigenvalue weighted by Gasteiger charge is 2.40. The molecular formula is C10H22N2O8S2. The summed E-state index contributed by atoms with van der Waals surface area (Å²) in [6.07, 6.45) is -2.67. The van der Waals surface area contributed by atoms with E-state index >= 15 is 0 Å². The van der Waals surface area contributed by atoms with Gasteiger partial charge in [0.15, 0.2) is 10.7 Å². The van der Waals surface area contributed by atoms with E-state index in [1.807, 2.05) is 0 Å². The topological polar surface area (TPSA) is 156 Å². The average molecular weight is 362 g/mol. The molecule has 22 heavy (non-hydrogen) atoms. The molecule has 0 amide bonds. The maximum Gasteiger partial charge on any atom is 0.283 e. The summed E-state index contributed by atoms with van der Waals surface area (Å²) in [5.74, 6) is 0. The Morgan fingerprint density at radius 2 is 0.955 bits per heavy atom. The van der Waals surface area contributed by atoms with Gasteiger partial charge in [0.05, 0.1) is 12.2 Å². The fourth-order valence-electron chi connectivity index (χ4n) is 2.73. The second-order valence-electron chi connectivity index (χ2n) is 5.36. The summed E-state index contributed by atoms with van der Waals surface area (Å²) < 4.78 is 63.6. The van der Waals surface area contributed by atoms with Gasteiger partial charge in [-0.15, -0.1) is 0 Å². The minimum atomic E-state index is -4.51. The Morgan fingerprint density at radius 1 is 0.727 bits per heavy atom. The van der Waals surface area contributed by atoms with Gasteiger partial charge < -0.3 is 10.2 Å². The molecule has 10 nitrogen and oxygen atoms in total. The van der Waals surface area contributed by atoms with Crippen LogP contribution in [0.15, 0.2) is 0 Å². The number of hydrogen-bond acceptors (Lipinski definition) is 8. The number of aliphatic hydroxyl groups excluding tert-OH is 2. The second kappa shape index (κ2) is 7.05. The van der Waals surface area contributed by atoms with Crippen LogP contribution in [0, 0.1) is 0 Å². The number of rotatable bonds is 6. The van der Waals surface area contributed by atoms with Gasteiger partial charge in [-0.25, -0.2) is 0 Å². The Balaban J connectivity index is 2.86. The maximum absolute atomic E-state index is 11.3. The molecule has 0 saturated carbocycles. The third-order valence-corrected chi connectivity index (χ3v) is 6.11. The van der Waals surface area contributed by atoms with E-state index in [4.69, 9.17) is 0 Å². The highest BCUT2D eigenvalue weighted by molar-refractivity contribution is 7.86. The second-order valence-corrected chi connectivity index (χ2v) is 8.39. The lowest BCUT2D eigenvalue weighted by atomic mass is 10.2. The van der Waals surface area contributed by atoms with E-state index < -0.39 is 43.2 Å². The molecule has 1 heterocycles. The van der Waals surface area contributed by atoms with E-state index in [0.717, 1.165) is 0 Å². The van der Waals surface area contributed by atoms with Crippen LogP contribution in [0.25, 0.3) is 0 Å². The Hall–Kier alpha value is -0.340. The van der Waals surface area contributed by atoms with Gasteiger partial charge in [-0.1, -0.05) is 0 Å². The van der Waals surface area contributed by atoms with Crippen LogP contribution in [-0.4, -0.2) is 95.1 Å². The summed E-state index contributed by atoms with van der Waals surface area (Å²) >= 11 is 0. The van der Waals surface area contributed by atoms with Crippen LogP contribution in [0.2, 0.25) is 0 Å². The highest BCUT2D eigenvalue weighted by Crippen LogP contribution is 2.18. The number of hydrogen-bond donors (Lipinski definition) is 4. The summed E-state index contributed by atoms with van der Waals surface area (Å²) in [5, 5.41) is 16.0. The summed E-state index contributed by atoms with van der Waals surface area (Å²) in [5.41, 5.74) is 0. The molecule has 0 aliphatic carbocycles. The van der Waals surface area contributed by atoms with Crippen LogP contribution in [0.1, 0.15) is 13.8 Å². The fraction of sp³-hybridized carbons (Fsp3) is 1.00. The van der Waals surface area contributed by atoms with Crippen molar-refractivity contribution in [1.29, 1.82) is 0 Å². The first kappa shape index (κ1) is 19.7. The van der Waals surface area contributed by atoms with Gasteiger partial charge >= 0.3 is 0 Å². The lowest BCUT2D eigenvalue weighted by Crippen LogP contribution is -2.60. The van der Waals surface area contributed by atoms with Gasteiger partial charge in [0, 0.05) is 26.2 Å². The highest BCUT2D eigenvalue weighted by atomic mass is 32.2. The van der Waals surface area contributed by atoms with Crippen molar-refractivity contribution in [2.45, 2.75) is 36.8 Å². The van der Waals surface area contributed by atoms with Crippen LogP contribution >= 0.6 is 0 Å². The quantitative estimate of drug-likeness (QED) is 0.382. The summed E-state index contributed by atoms with van der Waals surface area (Å²) in [6.45, 7) is 2.59. The van der Waals surface area contributed by atoms with Crippen molar-refractivity contribution in [2.24, 2.45) is 0 Å². The van der Waals surface area contributed by atoms with Crippen molar-refractivity contribution in [3.05, 3.63) is 0 Å². The predicted molar refractivity (Wildman–Crippen MR) is 77.2 cm³/mol. The Labute approximate surface area is 129 Å². The van der Waals surface area contributed by atoms with Crippen LogP contribution < -0.4 is 0 Å². The van der Waals surface area contributed by atoms with E-state index in [9.17, 15) is 36.2 Å². The molecule has 4 N–H and O–H groups in total. The molecule has 1 aliphatic rings. The van der Waals surface area contributed by atoms with Crippen molar-refractivity contribution in [2.75, 3.05) is 26.2 Å². The van der Waals surface area contributed by atoms with E-state index in [2.05, 4.69) is 0 Å². The molecule has 0 bridgehead atoms. The van der Waals surface area contributed by atoms with E-state index in [1.165, 1.54) is 23.6 Å². The van der Waals surface area contributed by atoms with Gasteiger partial charge in [-0.05, 0) is 13.8 Å². The van der Waals surface area contributed by atoms with Crippen molar-refractivity contribution >= 4 is 20.2 Å². The molecule has 1 rings (SSSR count). The molecule has 132 valence electrons. The molecule has 1 fully saturated rings. The van der Waals surface area contributed by atoms with Crippen LogP contribution in [0.4, 0.5) is 0 Å². The first-order valence-electron chi connectivity index (χ1n) is 6.62. The third kappa shape index (κ3) is 4.83. The molecule has 4 atom stereocenters. The average Bonchev–Trinajstić information content (AvgIpc) is 2.26. The molecule has 0 aromatic carbocycles. The Morgan fingerprint density at radius 3 is 1.09 bits per heavy atom. The zero-order chi connectivity index (χ0) is 17.3. The van der Waals surface area contributed by atoms with Gasteiger partial charge in [0.25, 0.3) is 20.2 Å². The van der Waals surface area contributed by atoms with Crippen LogP contribution in [0.3, 0.4) is 0 Å². The van der Waals surface area contributed by atoms with Crippen LogP contribution in [-0.2, 0) is 20.2 Å². The molecule has 12 heteroatoms. The number of nitrogens with zero attached hydrogens (tertiary/aromatic N) is 2. The molecule has 0 aromatic heterocycles. The molecule has 0 radical (unpaired) electrons. The molecule has 0 aromatic rings. The normalized spacial score (nSPS) is 24.6. The summed E-state index contributed by atoms with van der Waals surface area (Å²) in [7, 11) is -9.01. The molecule has 4 unspecified atom stereocenters. The first-order chi connectivity index (χ1) is 9.85. The number of aliphatic hydroxyl groups is 2. The van der Waals surface area contributed by atoms with Gasteiger partial charge in [0.2, 0.25) is 0 Å². The van der Waals surface area contributed by atoms with Crippen molar-refractivity contribution < 1.29 is 36.2 Å². The zero-order valence-electron chi connectivity index (χ0n) is 12.3. The molecular weight excluding hydrogens is 340 g/mol. The summed E-state index contributed by atoms with van der Waals surface area (Å²) in [6, 6.07) is 0. The lowest BCUT2D eigenvalue weighted by Gasteiger charge is -2.41. The van der Waals surface area contributed by atoms with E-state index in [-0.39, 0.29) is 26.2 Å². The van der Waals surface area contributed by atoms with E-state index in [0.29, 0.717) is 0 Å². The summed E-state index contributed by atoms with van der Waals surface area (Å²) in [4.78, 5) is 2.61. The molecule has 0 spiro atoms. The predicted octanol–water partition coefficient (Wildman–Crippen LogP) is -2.21. The van der Waals surface area contributed by atoms with Gasteiger partial charge in [-0.2, -0.15) is 16.8 Å². The fourth-order valence-corrected chi connectivity index (χ4v) is 4.90. The van der Waals surface area contributed by atoms with Gasteiger partial charge in [0.1, 0.15) is 0 Å².